The molecule has 0 aromatic carbocycles. The highest BCUT2D eigenvalue weighted by atomic mass is 16.3. The van der Waals surface area contributed by atoms with Crippen molar-refractivity contribution in [3.05, 3.63) is 24.2 Å². The first kappa shape index (κ1) is 12.3. The van der Waals surface area contributed by atoms with Crippen LogP contribution in [0.4, 0.5) is 0 Å². The summed E-state index contributed by atoms with van der Waals surface area (Å²) in [6.45, 7) is 1.36. The number of carbonyl (C=O) groups excluding carboxylic acids is 2. The molecule has 0 aliphatic carbocycles. The fraction of sp³-hybridized carbons (Fsp3) is 0.571. The molecule has 2 amide bonds. The molecule has 0 N–H and O–H groups in total. The van der Waals surface area contributed by atoms with Crippen LogP contribution in [0, 0.1) is 0 Å². The Bertz CT molecular complexity index is 497. The van der Waals surface area contributed by atoms with E-state index >= 15 is 0 Å². The third-order valence-corrected chi connectivity index (χ3v) is 4.46. The van der Waals surface area contributed by atoms with Crippen molar-refractivity contribution in [1.82, 2.24) is 9.80 Å². The zero-order valence-electron chi connectivity index (χ0n) is 11.1. The zero-order valence-corrected chi connectivity index (χ0v) is 11.1. The quantitative estimate of drug-likeness (QED) is 0.770. The van der Waals surface area contributed by atoms with Crippen LogP contribution in [0.25, 0.3) is 0 Å². The Morgan fingerprint density at radius 1 is 1.42 bits per heavy atom. The van der Waals surface area contributed by atoms with Gasteiger partial charge in [-0.05, 0) is 31.4 Å². The minimum atomic E-state index is -0.155. The molecule has 1 aromatic heterocycles. The average molecular weight is 262 g/mol. The summed E-state index contributed by atoms with van der Waals surface area (Å²) in [6.07, 6.45) is 4.88. The van der Waals surface area contributed by atoms with Crippen molar-refractivity contribution < 1.29 is 14.0 Å². The number of carbonyl (C=O) groups is 2. The molecule has 102 valence electrons. The lowest BCUT2D eigenvalue weighted by molar-refractivity contribution is -0.130. The van der Waals surface area contributed by atoms with Crippen LogP contribution in [0.2, 0.25) is 0 Å². The largest absolute Gasteiger partial charge is 0.459 e. The first-order valence-electron chi connectivity index (χ1n) is 6.72. The van der Waals surface area contributed by atoms with E-state index in [0.29, 0.717) is 18.7 Å². The molecule has 0 saturated carbocycles. The van der Waals surface area contributed by atoms with Crippen molar-refractivity contribution >= 4 is 11.8 Å². The number of hydrogen-bond acceptors (Lipinski definition) is 3. The van der Waals surface area contributed by atoms with Crippen LogP contribution in [-0.4, -0.2) is 47.3 Å². The van der Waals surface area contributed by atoms with Gasteiger partial charge in [0.25, 0.3) is 5.91 Å². The molecule has 0 radical (unpaired) electrons. The summed E-state index contributed by atoms with van der Waals surface area (Å²) in [5.41, 5.74) is -0.155. The topological polar surface area (TPSA) is 53.8 Å². The fourth-order valence-corrected chi connectivity index (χ4v) is 3.26. The van der Waals surface area contributed by atoms with E-state index in [4.69, 9.17) is 4.42 Å². The van der Waals surface area contributed by atoms with Crippen LogP contribution in [0.1, 0.15) is 36.2 Å². The van der Waals surface area contributed by atoms with Gasteiger partial charge in [-0.25, -0.2) is 0 Å². The second-order valence-electron chi connectivity index (χ2n) is 5.48. The second-order valence-corrected chi connectivity index (χ2v) is 5.48. The van der Waals surface area contributed by atoms with Crippen LogP contribution in [0.5, 0.6) is 0 Å². The maximum Gasteiger partial charge on any atom is 0.289 e. The van der Waals surface area contributed by atoms with Gasteiger partial charge in [-0.15, -0.1) is 0 Å². The summed E-state index contributed by atoms with van der Waals surface area (Å²) in [7, 11) is 1.86. The summed E-state index contributed by atoms with van der Waals surface area (Å²) in [6, 6.07) is 3.41. The van der Waals surface area contributed by atoms with E-state index < -0.39 is 0 Å². The van der Waals surface area contributed by atoms with E-state index in [1.54, 1.807) is 12.1 Å². The van der Waals surface area contributed by atoms with Gasteiger partial charge in [0.15, 0.2) is 5.76 Å². The van der Waals surface area contributed by atoms with Crippen LogP contribution >= 0.6 is 0 Å². The second kappa shape index (κ2) is 4.40. The molecule has 1 spiro atoms. The maximum absolute atomic E-state index is 12.3. The number of rotatable bonds is 1. The summed E-state index contributed by atoms with van der Waals surface area (Å²) in [5, 5.41) is 0. The van der Waals surface area contributed by atoms with Crippen LogP contribution in [0.3, 0.4) is 0 Å². The van der Waals surface area contributed by atoms with Crippen molar-refractivity contribution in [1.29, 1.82) is 0 Å². The highest BCUT2D eigenvalue weighted by Gasteiger charge is 2.46. The van der Waals surface area contributed by atoms with E-state index in [2.05, 4.69) is 0 Å². The molecule has 2 fully saturated rings. The molecule has 2 aliphatic rings. The Kier molecular flexibility index (Phi) is 2.84. The summed E-state index contributed by atoms with van der Waals surface area (Å²) >= 11 is 0. The molecule has 0 bridgehead atoms. The molecule has 5 nitrogen and oxygen atoms in total. The average Bonchev–Trinajstić information content (AvgIpc) is 3.04. The third-order valence-electron chi connectivity index (χ3n) is 4.46. The Labute approximate surface area is 112 Å². The lowest BCUT2D eigenvalue weighted by Gasteiger charge is -2.44. The molecule has 2 saturated heterocycles. The Balaban J connectivity index is 1.79. The predicted octanol–water partition coefficient (Wildman–Crippen LogP) is 1.51. The first-order chi connectivity index (χ1) is 9.12. The fourth-order valence-electron chi connectivity index (χ4n) is 3.26. The zero-order chi connectivity index (χ0) is 13.5. The standard InChI is InChI=1S/C14H18N2O3/c1-15-12(17)5-7-14(15)6-3-8-16(10-14)13(18)11-4-2-9-19-11/h2,4,9H,3,5-8,10H2,1H3/t14-/m0/s1. The monoisotopic (exact) mass is 262 g/mol. The van der Waals surface area contributed by atoms with Gasteiger partial charge in [0.05, 0.1) is 11.8 Å². The van der Waals surface area contributed by atoms with Crippen LogP contribution in [-0.2, 0) is 4.79 Å². The predicted molar refractivity (Wildman–Crippen MR) is 68.6 cm³/mol. The highest BCUT2D eigenvalue weighted by molar-refractivity contribution is 5.91. The Morgan fingerprint density at radius 2 is 2.26 bits per heavy atom. The minimum absolute atomic E-state index is 0.0724. The van der Waals surface area contributed by atoms with Gasteiger partial charge < -0.3 is 14.2 Å². The molecule has 2 aliphatic heterocycles. The Hall–Kier alpha value is -1.78. The van der Waals surface area contributed by atoms with E-state index in [-0.39, 0.29) is 17.4 Å². The molecule has 3 rings (SSSR count). The van der Waals surface area contributed by atoms with Crippen LogP contribution < -0.4 is 0 Å². The van der Waals surface area contributed by atoms with Gasteiger partial charge in [-0.2, -0.15) is 0 Å². The number of likely N-dealkylation sites (tertiary alicyclic amines) is 2. The van der Waals surface area contributed by atoms with Gasteiger partial charge in [0.2, 0.25) is 5.91 Å². The molecule has 3 heterocycles. The van der Waals surface area contributed by atoms with Crippen LogP contribution in [0.15, 0.2) is 22.8 Å². The summed E-state index contributed by atoms with van der Waals surface area (Å²) in [5.74, 6) is 0.494. The van der Waals surface area contributed by atoms with Crippen molar-refractivity contribution in [2.75, 3.05) is 20.1 Å². The lowest BCUT2D eigenvalue weighted by Crippen LogP contribution is -2.56. The molecule has 1 atom stereocenters. The van der Waals surface area contributed by atoms with Gasteiger partial charge in [-0.3, -0.25) is 9.59 Å². The number of amides is 2. The molecule has 19 heavy (non-hydrogen) atoms. The van der Waals surface area contributed by atoms with Gasteiger partial charge in [0.1, 0.15) is 0 Å². The lowest BCUT2D eigenvalue weighted by atomic mass is 9.86. The molecule has 0 unspecified atom stereocenters. The maximum atomic E-state index is 12.3. The van der Waals surface area contributed by atoms with Crippen molar-refractivity contribution in [3.8, 4) is 0 Å². The summed E-state index contributed by atoms with van der Waals surface area (Å²) < 4.78 is 5.18. The third kappa shape index (κ3) is 1.93. The van der Waals surface area contributed by atoms with E-state index in [0.717, 1.165) is 25.8 Å². The van der Waals surface area contributed by atoms with Crippen molar-refractivity contribution in [2.24, 2.45) is 0 Å². The highest BCUT2D eigenvalue weighted by Crippen LogP contribution is 2.37. The van der Waals surface area contributed by atoms with Gasteiger partial charge in [0, 0.05) is 26.6 Å². The first-order valence-corrected chi connectivity index (χ1v) is 6.72. The van der Waals surface area contributed by atoms with E-state index in [1.807, 2.05) is 16.8 Å². The molecular formula is C14H18N2O3. The summed E-state index contributed by atoms with van der Waals surface area (Å²) in [4.78, 5) is 27.7. The van der Waals surface area contributed by atoms with Crippen molar-refractivity contribution in [3.63, 3.8) is 0 Å². The normalized spacial score (nSPS) is 27.3. The van der Waals surface area contributed by atoms with E-state index in [1.165, 1.54) is 6.26 Å². The Morgan fingerprint density at radius 3 is 2.89 bits per heavy atom. The molecule has 1 aromatic rings. The number of piperidine rings is 1. The molecule has 5 heteroatoms. The van der Waals surface area contributed by atoms with Crippen molar-refractivity contribution in [2.45, 2.75) is 31.2 Å². The van der Waals surface area contributed by atoms with Gasteiger partial charge in [-0.1, -0.05) is 0 Å². The smallest absolute Gasteiger partial charge is 0.289 e. The number of hydrogen-bond donors (Lipinski definition) is 0. The number of nitrogens with zero attached hydrogens (tertiary/aromatic N) is 2. The number of furan rings is 1. The van der Waals surface area contributed by atoms with E-state index in [9.17, 15) is 9.59 Å². The number of likely N-dealkylation sites (N-methyl/N-ethyl adjacent to an activating group) is 1. The minimum Gasteiger partial charge on any atom is -0.459 e. The molecular weight excluding hydrogens is 244 g/mol. The van der Waals surface area contributed by atoms with Gasteiger partial charge >= 0.3 is 0 Å². The SMILES string of the molecule is CN1C(=O)CC[C@]12CCCN(C(=O)c1ccco1)C2.